The van der Waals surface area contributed by atoms with Crippen LogP contribution in [0.4, 0.5) is 0 Å². The molecule has 1 saturated carbocycles. The molecule has 1 aliphatic carbocycles. The van der Waals surface area contributed by atoms with Crippen LogP contribution in [0.1, 0.15) is 62.1 Å². The van der Waals surface area contributed by atoms with Crippen molar-refractivity contribution in [1.82, 2.24) is 10.3 Å². The van der Waals surface area contributed by atoms with Gasteiger partial charge < -0.3 is 5.32 Å². The Balaban J connectivity index is 1.88. The molecule has 100 valence electrons. The largest absolute Gasteiger partial charge is 0.313 e. The van der Waals surface area contributed by atoms with E-state index in [4.69, 9.17) is 0 Å². The Morgan fingerprint density at radius 3 is 2.72 bits per heavy atom. The Morgan fingerprint density at radius 2 is 2.06 bits per heavy atom. The van der Waals surface area contributed by atoms with Gasteiger partial charge in [0.05, 0.1) is 0 Å². The van der Waals surface area contributed by atoms with E-state index in [1.54, 1.807) is 0 Å². The lowest BCUT2D eigenvalue weighted by Gasteiger charge is -2.24. The molecule has 0 amide bonds. The van der Waals surface area contributed by atoms with E-state index in [1.165, 1.54) is 56.1 Å². The SMILES string of the molecule is CNC(CCC1CCCCC1)c1cncc(C)c1. The average Bonchev–Trinajstić information content (AvgIpc) is 2.41. The second-order valence-corrected chi connectivity index (χ2v) is 5.72. The summed E-state index contributed by atoms with van der Waals surface area (Å²) in [4.78, 5) is 4.31. The number of nitrogens with one attached hydrogen (secondary N) is 1. The predicted molar refractivity (Wildman–Crippen MR) is 76.6 cm³/mol. The molecule has 0 aromatic carbocycles. The summed E-state index contributed by atoms with van der Waals surface area (Å²) in [5.41, 5.74) is 2.60. The van der Waals surface area contributed by atoms with E-state index in [1.807, 2.05) is 12.4 Å². The Labute approximate surface area is 111 Å². The Morgan fingerprint density at radius 1 is 1.28 bits per heavy atom. The van der Waals surface area contributed by atoms with Crippen molar-refractivity contribution in [1.29, 1.82) is 0 Å². The molecule has 1 aromatic heterocycles. The Kier molecular flexibility index (Phi) is 5.18. The molecule has 1 aliphatic rings. The highest BCUT2D eigenvalue weighted by atomic mass is 14.9. The molecule has 2 rings (SSSR count). The standard InChI is InChI=1S/C16H26N2/c1-13-10-15(12-18-11-13)16(17-2)9-8-14-6-4-3-5-7-14/h10-12,14,16-17H,3-9H2,1-2H3. The second kappa shape index (κ2) is 6.89. The van der Waals surface area contributed by atoms with Crippen LogP contribution in [0.15, 0.2) is 18.5 Å². The summed E-state index contributed by atoms with van der Waals surface area (Å²) >= 11 is 0. The first kappa shape index (κ1) is 13.5. The molecular weight excluding hydrogens is 220 g/mol. The van der Waals surface area contributed by atoms with Gasteiger partial charge in [0.1, 0.15) is 0 Å². The Hall–Kier alpha value is -0.890. The summed E-state index contributed by atoms with van der Waals surface area (Å²) in [5, 5.41) is 3.45. The van der Waals surface area contributed by atoms with E-state index >= 15 is 0 Å². The normalized spacial score (nSPS) is 18.8. The minimum atomic E-state index is 0.472. The van der Waals surface area contributed by atoms with Crippen LogP contribution >= 0.6 is 0 Å². The van der Waals surface area contributed by atoms with Crippen molar-refractivity contribution >= 4 is 0 Å². The fourth-order valence-electron chi connectivity index (χ4n) is 3.12. The van der Waals surface area contributed by atoms with Crippen molar-refractivity contribution in [2.75, 3.05) is 7.05 Å². The molecule has 18 heavy (non-hydrogen) atoms. The lowest BCUT2D eigenvalue weighted by Crippen LogP contribution is -2.18. The molecule has 1 fully saturated rings. The molecule has 1 atom stereocenters. The number of hydrogen-bond donors (Lipinski definition) is 1. The molecule has 2 heteroatoms. The van der Waals surface area contributed by atoms with Crippen LogP contribution in [-0.4, -0.2) is 12.0 Å². The van der Waals surface area contributed by atoms with E-state index in [0.29, 0.717) is 6.04 Å². The van der Waals surface area contributed by atoms with Gasteiger partial charge in [-0.1, -0.05) is 38.2 Å². The van der Waals surface area contributed by atoms with E-state index < -0.39 is 0 Å². The topological polar surface area (TPSA) is 24.9 Å². The van der Waals surface area contributed by atoms with E-state index in [-0.39, 0.29) is 0 Å². The number of hydrogen-bond acceptors (Lipinski definition) is 2. The third-order valence-corrected chi connectivity index (χ3v) is 4.24. The van der Waals surface area contributed by atoms with Crippen molar-refractivity contribution in [3.63, 3.8) is 0 Å². The van der Waals surface area contributed by atoms with Gasteiger partial charge >= 0.3 is 0 Å². The first-order chi connectivity index (χ1) is 8.79. The number of rotatable bonds is 5. The summed E-state index contributed by atoms with van der Waals surface area (Å²) in [7, 11) is 2.06. The summed E-state index contributed by atoms with van der Waals surface area (Å²) in [6, 6.07) is 2.73. The highest BCUT2D eigenvalue weighted by molar-refractivity contribution is 5.20. The van der Waals surface area contributed by atoms with Crippen LogP contribution in [0.3, 0.4) is 0 Å². The molecule has 0 bridgehead atoms. The minimum Gasteiger partial charge on any atom is -0.313 e. The van der Waals surface area contributed by atoms with E-state index in [2.05, 4.69) is 30.3 Å². The first-order valence-electron chi connectivity index (χ1n) is 7.38. The monoisotopic (exact) mass is 246 g/mol. The number of pyridine rings is 1. The van der Waals surface area contributed by atoms with Crippen molar-refractivity contribution in [2.24, 2.45) is 5.92 Å². The molecule has 1 N–H and O–H groups in total. The molecule has 0 saturated heterocycles. The van der Waals surface area contributed by atoms with Crippen LogP contribution in [0.25, 0.3) is 0 Å². The molecule has 2 nitrogen and oxygen atoms in total. The van der Waals surface area contributed by atoms with Gasteiger partial charge in [-0.15, -0.1) is 0 Å². The molecule has 1 heterocycles. The zero-order chi connectivity index (χ0) is 12.8. The maximum atomic E-state index is 4.31. The molecule has 0 aliphatic heterocycles. The third kappa shape index (κ3) is 3.81. The maximum absolute atomic E-state index is 4.31. The lowest BCUT2D eigenvalue weighted by molar-refractivity contribution is 0.317. The van der Waals surface area contributed by atoms with E-state index in [9.17, 15) is 0 Å². The zero-order valence-corrected chi connectivity index (χ0v) is 11.8. The van der Waals surface area contributed by atoms with Gasteiger partial charge in [-0.2, -0.15) is 0 Å². The van der Waals surface area contributed by atoms with Crippen LogP contribution in [0.5, 0.6) is 0 Å². The summed E-state index contributed by atoms with van der Waals surface area (Å²) in [6.45, 7) is 2.12. The molecule has 0 radical (unpaired) electrons. The summed E-state index contributed by atoms with van der Waals surface area (Å²) in [6.07, 6.45) is 13.8. The van der Waals surface area contributed by atoms with Crippen LogP contribution in [-0.2, 0) is 0 Å². The third-order valence-electron chi connectivity index (χ3n) is 4.24. The van der Waals surface area contributed by atoms with Gasteiger partial charge in [0.15, 0.2) is 0 Å². The fourth-order valence-corrected chi connectivity index (χ4v) is 3.12. The number of aryl methyl sites for hydroxylation is 1. The van der Waals surface area contributed by atoms with Crippen LogP contribution < -0.4 is 5.32 Å². The quantitative estimate of drug-likeness (QED) is 0.849. The number of aromatic nitrogens is 1. The Bertz CT molecular complexity index is 356. The zero-order valence-electron chi connectivity index (χ0n) is 11.8. The summed E-state index contributed by atoms with van der Waals surface area (Å²) < 4.78 is 0. The minimum absolute atomic E-state index is 0.472. The van der Waals surface area contributed by atoms with Gasteiger partial charge in [0.2, 0.25) is 0 Å². The molecule has 1 aromatic rings. The summed E-state index contributed by atoms with van der Waals surface area (Å²) in [5.74, 6) is 0.965. The van der Waals surface area contributed by atoms with Crippen molar-refractivity contribution in [2.45, 2.75) is 57.9 Å². The molecule has 1 unspecified atom stereocenters. The van der Waals surface area contributed by atoms with Crippen molar-refractivity contribution in [3.8, 4) is 0 Å². The van der Waals surface area contributed by atoms with Crippen LogP contribution in [0, 0.1) is 12.8 Å². The van der Waals surface area contributed by atoms with Crippen molar-refractivity contribution in [3.05, 3.63) is 29.6 Å². The molecule has 0 spiro atoms. The predicted octanol–water partition coefficient (Wildman–Crippen LogP) is 4.01. The smallest absolute Gasteiger partial charge is 0.0333 e. The first-order valence-corrected chi connectivity index (χ1v) is 7.38. The highest BCUT2D eigenvalue weighted by Gasteiger charge is 2.16. The van der Waals surface area contributed by atoms with E-state index in [0.717, 1.165) is 5.92 Å². The average molecular weight is 246 g/mol. The van der Waals surface area contributed by atoms with Gasteiger partial charge in [-0.3, -0.25) is 4.98 Å². The highest BCUT2D eigenvalue weighted by Crippen LogP contribution is 2.30. The van der Waals surface area contributed by atoms with Crippen LogP contribution in [0.2, 0.25) is 0 Å². The fraction of sp³-hybridized carbons (Fsp3) is 0.688. The molecular formula is C16H26N2. The van der Waals surface area contributed by atoms with Gasteiger partial charge in [-0.05, 0) is 43.9 Å². The van der Waals surface area contributed by atoms with Gasteiger partial charge in [0.25, 0.3) is 0 Å². The second-order valence-electron chi connectivity index (χ2n) is 5.72. The van der Waals surface area contributed by atoms with Gasteiger partial charge in [-0.25, -0.2) is 0 Å². The lowest BCUT2D eigenvalue weighted by atomic mass is 9.84. The van der Waals surface area contributed by atoms with Gasteiger partial charge in [0, 0.05) is 18.4 Å². The number of nitrogens with zero attached hydrogens (tertiary/aromatic N) is 1. The van der Waals surface area contributed by atoms with Crippen molar-refractivity contribution < 1.29 is 0 Å². The maximum Gasteiger partial charge on any atom is 0.0333 e.